The van der Waals surface area contributed by atoms with Crippen molar-refractivity contribution in [3.8, 4) is 17.6 Å². The van der Waals surface area contributed by atoms with Gasteiger partial charge in [-0.25, -0.2) is 4.79 Å². The molecular formula is C22H23N5O10. The molecule has 37 heavy (non-hydrogen) atoms. The van der Waals surface area contributed by atoms with Crippen LogP contribution in [0.3, 0.4) is 0 Å². The molecule has 0 spiro atoms. The summed E-state index contributed by atoms with van der Waals surface area (Å²) in [5.74, 6) is -5.01. The van der Waals surface area contributed by atoms with Gasteiger partial charge in [-0.1, -0.05) is 0 Å². The van der Waals surface area contributed by atoms with E-state index in [1.165, 1.54) is 26.4 Å². The summed E-state index contributed by atoms with van der Waals surface area (Å²) in [6.45, 7) is -1.92. The molecule has 5 N–H and O–H groups in total. The van der Waals surface area contributed by atoms with Crippen molar-refractivity contribution in [2.24, 2.45) is 0 Å². The lowest BCUT2D eigenvalue weighted by molar-refractivity contribution is -0.143. The van der Waals surface area contributed by atoms with Gasteiger partial charge >= 0.3 is 11.9 Å². The summed E-state index contributed by atoms with van der Waals surface area (Å²) in [4.78, 5) is 70.8. The molecule has 0 bridgehead atoms. The van der Waals surface area contributed by atoms with Gasteiger partial charge in [0.05, 0.1) is 38.3 Å². The van der Waals surface area contributed by atoms with Crippen LogP contribution in [0.1, 0.15) is 12.0 Å². The van der Waals surface area contributed by atoms with Gasteiger partial charge in [0, 0.05) is 17.5 Å². The second-order valence-corrected chi connectivity index (χ2v) is 7.43. The summed E-state index contributed by atoms with van der Waals surface area (Å²) in [5.41, 5.74) is -0.553. The quantitative estimate of drug-likeness (QED) is 0.210. The molecule has 1 heterocycles. The molecule has 2 aromatic rings. The average Bonchev–Trinajstić information content (AvgIpc) is 2.86. The van der Waals surface area contributed by atoms with E-state index in [2.05, 4.69) is 10.6 Å². The van der Waals surface area contributed by atoms with E-state index in [-0.39, 0.29) is 28.0 Å². The van der Waals surface area contributed by atoms with Gasteiger partial charge in [-0.05, 0) is 6.07 Å². The number of carboxylic acid groups (broad SMARTS) is 2. The fraction of sp³-hybridized carbons (Fsp3) is 0.318. The predicted octanol–water partition coefficient (Wildman–Crippen LogP) is -1.83. The van der Waals surface area contributed by atoms with E-state index in [9.17, 15) is 39.1 Å². The van der Waals surface area contributed by atoms with E-state index in [4.69, 9.17) is 14.6 Å². The Bertz CT molecular complexity index is 1340. The van der Waals surface area contributed by atoms with E-state index >= 15 is 0 Å². The highest BCUT2D eigenvalue weighted by Crippen LogP contribution is 2.32. The van der Waals surface area contributed by atoms with Crippen LogP contribution in [-0.2, 0) is 30.5 Å². The first-order chi connectivity index (χ1) is 17.5. The molecule has 1 unspecified atom stereocenters. The SMILES string of the molecule is COc1cc2c(C#N)cc(=O)n(CC(=O)NC(CC(=O)NCC(=O)NCC(=O)O)C(=O)O)c2cc1OC. The van der Waals surface area contributed by atoms with Crippen LogP contribution in [0.15, 0.2) is 23.0 Å². The van der Waals surface area contributed by atoms with Crippen LogP contribution in [0, 0.1) is 11.3 Å². The standard InChI is InChI=1S/C22H23N5O10/c1-36-15-4-12-11(7-23)3-20(31)27(14(12)6-16(15)37-2)10-19(30)26-13(22(34)35)5-17(28)24-8-18(29)25-9-21(32)33/h3-4,6,13H,5,8-10H2,1-2H3,(H,24,28)(H,25,29)(H,26,30)(H,32,33)(H,34,35). The number of ether oxygens (including phenoxy) is 2. The highest BCUT2D eigenvalue weighted by molar-refractivity contribution is 5.92. The first kappa shape index (κ1) is 28.1. The Labute approximate surface area is 208 Å². The number of methoxy groups -OCH3 is 2. The third kappa shape index (κ3) is 7.42. The number of aromatic nitrogens is 1. The lowest BCUT2D eigenvalue weighted by atomic mass is 10.1. The summed E-state index contributed by atoms with van der Waals surface area (Å²) in [7, 11) is 2.73. The third-order valence-electron chi connectivity index (χ3n) is 4.94. The van der Waals surface area contributed by atoms with Crippen molar-refractivity contribution < 1.29 is 43.7 Å². The van der Waals surface area contributed by atoms with Gasteiger partial charge in [0.1, 0.15) is 25.2 Å². The van der Waals surface area contributed by atoms with Crippen LogP contribution in [0.5, 0.6) is 11.5 Å². The monoisotopic (exact) mass is 517 g/mol. The number of nitrogens with zero attached hydrogens (tertiary/aromatic N) is 2. The number of benzene rings is 1. The normalized spacial score (nSPS) is 11.1. The molecule has 2 rings (SSSR count). The topological polar surface area (TPSA) is 226 Å². The fourth-order valence-corrected chi connectivity index (χ4v) is 3.22. The second kappa shape index (κ2) is 12.5. The lowest BCUT2D eigenvalue weighted by Crippen LogP contribution is -2.47. The van der Waals surface area contributed by atoms with Crippen LogP contribution in [0.2, 0.25) is 0 Å². The van der Waals surface area contributed by atoms with Gasteiger partial charge in [0.25, 0.3) is 5.56 Å². The summed E-state index contributed by atoms with van der Waals surface area (Å²) in [6, 6.07) is 4.05. The summed E-state index contributed by atoms with van der Waals surface area (Å²) in [6.07, 6.45) is -0.749. The Balaban J connectivity index is 2.20. The number of hydrogen-bond acceptors (Lipinski definition) is 9. The van der Waals surface area contributed by atoms with Crippen molar-refractivity contribution in [3.63, 3.8) is 0 Å². The summed E-state index contributed by atoms with van der Waals surface area (Å²) >= 11 is 0. The Hall–Kier alpha value is -5.13. The van der Waals surface area contributed by atoms with Crippen molar-refractivity contribution >= 4 is 40.6 Å². The molecule has 0 saturated carbocycles. The van der Waals surface area contributed by atoms with Crippen molar-refractivity contribution in [1.29, 1.82) is 5.26 Å². The minimum atomic E-state index is -1.70. The summed E-state index contributed by atoms with van der Waals surface area (Å²) in [5, 5.41) is 33.9. The Morgan fingerprint density at radius 2 is 1.59 bits per heavy atom. The number of fused-ring (bicyclic) bond motifs is 1. The zero-order chi connectivity index (χ0) is 27.7. The molecular weight excluding hydrogens is 494 g/mol. The first-order valence-corrected chi connectivity index (χ1v) is 10.5. The maximum absolute atomic E-state index is 12.6. The van der Waals surface area contributed by atoms with Crippen LogP contribution in [-0.4, -0.2) is 77.8 Å². The molecule has 1 atom stereocenters. The molecule has 1 aromatic carbocycles. The number of amides is 3. The van der Waals surface area contributed by atoms with E-state index in [0.717, 1.165) is 10.6 Å². The van der Waals surface area contributed by atoms with Crippen LogP contribution in [0.4, 0.5) is 0 Å². The van der Waals surface area contributed by atoms with Crippen molar-refractivity contribution in [3.05, 3.63) is 34.1 Å². The van der Waals surface area contributed by atoms with Gasteiger partial charge in [-0.3, -0.25) is 28.5 Å². The highest BCUT2D eigenvalue weighted by atomic mass is 16.5. The van der Waals surface area contributed by atoms with Crippen molar-refractivity contribution in [2.75, 3.05) is 27.3 Å². The number of pyridine rings is 1. The summed E-state index contributed by atoms with van der Waals surface area (Å²) < 4.78 is 11.4. The van der Waals surface area contributed by atoms with Crippen LogP contribution < -0.4 is 31.0 Å². The number of nitriles is 1. The third-order valence-corrected chi connectivity index (χ3v) is 4.94. The molecule has 0 aliphatic heterocycles. The first-order valence-electron chi connectivity index (χ1n) is 10.5. The average molecular weight is 517 g/mol. The fourth-order valence-electron chi connectivity index (χ4n) is 3.22. The number of nitrogens with one attached hydrogen (secondary N) is 3. The van der Waals surface area contributed by atoms with Crippen molar-refractivity contribution in [1.82, 2.24) is 20.5 Å². The number of aliphatic carboxylic acids is 2. The van der Waals surface area contributed by atoms with Crippen LogP contribution in [0.25, 0.3) is 10.9 Å². The largest absolute Gasteiger partial charge is 0.493 e. The Kier molecular flexibility index (Phi) is 9.53. The Morgan fingerprint density at radius 3 is 2.16 bits per heavy atom. The van der Waals surface area contributed by atoms with E-state index in [1.807, 2.05) is 11.4 Å². The van der Waals surface area contributed by atoms with E-state index < -0.39 is 67.3 Å². The maximum atomic E-state index is 12.6. The second-order valence-electron chi connectivity index (χ2n) is 7.43. The lowest BCUT2D eigenvalue weighted by Gasteiger charge is -2.17. The zero-order valence-corrected chi connectivity index (χ0v) is 19.7. The molecule has 3 amide bonds. The van der Waals surface area contributed by atoms with Gasteiger partial charge in [0.2, 0.25) is 17.7 Å². The van der Waals surface area contributed by atoms with Gasteiger partial charge in [0.15, 0.2) is 11.5 Å². The van der Waals surface area contributed by atoms with Crippen LogP contribution >= 0.6 is 0 Å². The Morgan fingerprint density at radius 1 is 0.973 bits per heavy atom. The van der Waals surface area contributed by atoms with Gasteiger partial charge in [-0.15, -0.1) is 0 Å². The maximum Gasteiger partial charge on any atom is 0.326 e. The molecule has 1 aromatic heterocycles. The number of carbonyl (C=O) groups excluding carboxylic acids is 3. The molecule has 0 aliphatic rings. The number of hydrogen-bond donors (Lipinski definition) is 5. The molecule has 0 saturated heterocycles. The molecule has 0 radical (unpaired) electrons. The van der Waals surface area contributed by atoms with Crippen molar-refractivity contribution in [2.45, 2.75) is 19.0 Å². The predicted molar refractivity (Wildman–Crippen MR) is 124 cm³/mol. The number of rotatable bonds is 12. The van der Waals surface area contributed by atoms with E-state index in [0.29, 0.717) is 0 Å². The number of carboxylic acids is 2. The molecule has 196 valence electrons. The minimum absolute atomic E-state index is 0.0186. The molecule has 15 heteroatoms. The molecule has 15 nitrogen and oxygen atoms in total. The minimum Gasteiger partial charge on any atom is -0.493 e. The molecule has 0 aliphatic carbocycles. The van der Waals surface area contributed by atoms with Gasteiger partial charge in [-0.2, -0.15) is 5.26 Å². The molecule has 0 fully saturated rings. The highest BCUT2D eigenvalue weighted by Gasteiger charge is 2.24. The zero-order valence-electron chi connectivity index (χ0n) is 19.7. The smallest absolute Gasteiger partial charge is 0.326 e. The van der Waals surface area contributed by atoms with Gasteiger partial charge < -0.3 is 35.6 Å². The van der Waals surface area contributed by atoms with E-state index in [1.54, 1.807) is 0 Å². The number of carbonyl (C=O) groups is 5.